The van der Waals surface area contributed by atoms with Crippen LogP contribution in [0.25, 0.3) is 11.1 Å². The van der Waals surface area contributed by atoms with Crippen molar-refractivity contribution in [3.8, 4) is 11.1 Å². The summed E-state index contributed by atoms with van der Waals surface area (Å²) in [7, 11) is 0. The van der Waals surface area contributed by atoms with E-state index in [9.17, 15) is 8.78 Å². The molecule has 0 radical (unpaired) electrons. The third-order valence-electron chi connectivity index (χ3n) is 2.92. The molecule has 8 heteroatoms. The molecular weight excluding hydrogens is 333 g/mol. The molecule has 0 unspecified atom stereocenters. The van der Waals surface area contributed by atoms with Crippen LogP contribution in [0.4, 0.5) is 8.78 Å². The molecule has 22 heavy (non-hydrogen) atoms. The van der Waals surface area contributed by atoms with Crippen molar-refractivity contribution in [3.05, 3.63) is 57.6 Å². The lowest BCUT2D eigenvalue weighted by molar-refractivity contribution is 0.611. The maximum atomic E-state index is 14.1. The van der Waals surface area contributed by atoms with Crippen molar-refractivity contribution in [2.75, 3.05) is 0 Å². The van der Waals surface area contributed by atoms with Gasteiger partial charge in [0.05, 0.1) is 11.6 Å². The molecule has 0 aliphatic rings. The molecule has 0 atom stereocenters. The summed E-state index contributed by atoms with van der Waals surface area (Å²) < 4.78 is 27.7. The SMILES string of the molecule is NNC(N)=NCc1ccc(-c2cc(Cl)cc(F)c2Cl)cc1F. The van der Waals surface area contributed by atoms with Crippen LogP contribution in [-0.4, -0.2) is 5.96 Å². The lowest BCUT2D eigenvalue weighted by Gasteiger charge is -2.08. The lowest BCUT2D eigenvalue weighted by atomic mass is 10.0. The molecule has 2 aromatic rings. The molecule has 2 aromatic carbocycles. The molecule has 0 saturated carbocycles. The third kappa shape index (κ3) is 3.65. The van der Waals surface area contributed by atoms with E-state index < -0.39 is 11.6 Å². The molecule has 0 aliphatic carbocycles. The van der Waals surface area contributed by atoms with Crippen molar-refractivity contribution in [2.24, 2.45) is 16.6 Å². The zero-order chi connectivity index (χ0) is 16.3. The van der Waals surface area contributed by atoms with Crippen molar-refractivity contribution in [1.82, 2.24) is 5.43 Å². The fourth-order valence-corrected chi connectivity index (χ4v) is 2.25. The minimum atomic E-state index is -0.667. The van der Waals surface area contributed by atoms with E-state index in [2.05, 4.69) is 10.4 Å². The van der Waals surface area contributed by atoms with Crippen LogP contribution in [0.3, 0.4) is 0 Å². The van der Waals surface area contributed by atoms with Gasteiger partial charge in [0, 0.05) is 16.1 Å². The van der Waals surface area contributed by atoms with Gasteiger partial charge in [-0.05, 0) is 23.8 Å². The Hall–Kier alpha value is -1.89. The summed E-state index contributed by atoms with van der Waals surface area (Å²) >= 11 is 11.7. The first-order valence-corrected chi connectivity index (χ1v) is 6.88. The van der Waals surface area contributed by atoms with E-state index in [1.165, 1.54) is 18.2 Å². The summed E-state index contributed by atoms with van der Waals surface area (Å²) in [5, 5.41) is 0.0546. The number of hydrogen-bond donors (Lipinski definition) is 3. The number of guanidine groups is 1. The zero-order valence-corrected chi connectivity index (χ0v) is 12.7. The van der Waals surface area contributed by atoms with E-state index in [-0.39, 0.29) is 22.5 Å². The minimum Gasteiger partial charge on any atom is -0.369 e. The van der Waals surface area contributed by atoms with Crippen LogP contribution in [0.2, 0.25) is 10.0 Å². The third-order valence-corrected chi connectivity index (χ3v) is 3.53. The number of benzene rings is 2. The monoisotopic (exact) mass is 344 g/mol. The second kappa shape index (κ2) is 6.91. The predicted molar refractivity (Wildman–Crippen MR) is 84.5 cm³/mol. The van der Waals surface area contributed by atoms with E-state index in [1.54, 1.807) is 6.07 Å². The summed E-state index contributed by atoms with van der Waals surface area (Å²) in [6, 6.07) is 6.89. The molecule has 0 spiro atoms. The van der Waals surface area contributed by atoms with Crippen LogP contribution >= 0.6 is 23.2 Å². The summed E-state index contributed by atoms with van der Waals surface area (Å²) in [4.78, 5) is 3.83. The lowest BCUT2D eigenvalue weighted by Crippen LogP contribution is -2.37. The smallest absolute Gasteiger partial charge is 0.203 e. The van der Waals surface area contributed by atoms with Gasteiger partial charge in [0.2, 0.25) is 5.96 Å². The molecular formula is C14H12Cl2F2N4. The molecule has 0 aromatic heterocycles. The van der Waals surface area contributed by atoms with Crippen LogP contribution in [0, 0.1) is 11.6 Å². The highest BCUT2D eigenvalue weighted by Crippen LogP contribution is 2.33. The average Bonchev–Trinajstić information content (AvgIpc) is 2.49. The van der Waals surface area contributed by atoms with Gasteiger partial charge in [-0.15, -0.1) is 0 Å². The Balaban J connectivity index is 2.38. The van der Waals surface area contributed by atoms with Gasteiger partial charge in [-0.25, -0.2) is 19.6 Å². The first-order chi connectivity index (χ1) is 10.4. The number of nitrogens with two attached hydrogens (primary N) is 2. The number of nitrogens with one attached hydrogen (secondary N) is 1. The van der Waals surface area contributed by atoms with Crippen molar-refractivity contribution in [1.29, 1.82) is 0 Å². The number of aliphatic imine (C=N–C) groups is 1. The Morgan fingerprint density at radius 1 is 1.14 bits per heavy atom. The molecule has 4 nitrogen and oxygen atoms in total. The van der Waals surface area contributed by atoms with Gasteiger partial charge in [0.25, 0.3) is 0 Å². The second-order valence-corrected chi connectivity index (χ2v) is 5.22. The molecule has 2 rings (SSSR count). The van der Waals surface area contributed by atoms with Crippen LogP contribution < -0.4 is 17.0 Å². The zero-order valence-electron chi connectivity index (χ0n) is 11.2. The number of nitrogens with zero attached hydrogens (tertiary/aromatic N) is 1. The maximum Gasteiger partial charge on any atom is 0.203 e. The average molecular weight is 345 g/mol. The van der Waals surface area contributed by atoms with Gasteiger partial charge in [-0.1, -0.05) is 35.3 Å². The predicted octanol–water partition coefficient (Wildman–Crippen LogP) is 3.22. The summed E-state index contributed by atoms with van der Waals surface area (Å²) in [6.45, 7) is 0.0137. The molecule has 5 N–H and O–H groups in total. The van der Waals surface area contributed by atoms with Crippen LogP contribution in [0.5, 0.6) is 0 Å². The van der Waals surface area contributed by atoms with E-state index in [0.717, 1.165) is 6.07 Å². The molecule has 0 bridgehead atoms. The van der Waals surface area contributed by atoms with E-state index >= 15 is 0 Å². The van der Waals surface area contributed by atoms with Gasteiger partial charge in [0.1, 0.15) is 11.6 Å². The second-order valence-electron chi connectivity index (χ2n) is 4.40. The molecule has 0 heterocycles. The number of rotatable bonds is 3. The van der Waals surface area contributed by atoms with Gasteiger partial charge in [-0.3, -0.25) is 5.43 Å². The largest absolute Gasteiger partial charge is 0.369 e. The Morgan fingerprint density at radius 3 is 2.50 bits per heavy atom. The topological polar surface area (TPSA) is 76.4 Å². The van der Waals surface area contributed by atoms with E-state index in [0.29, 0.717) is 16.7 Å². The van der Waals surface area contributed by atoms with Crippen molar-refractivity contribution in [2.45, 2.75) is 6.54 Å². The number of hydrogen-bond acceptors (Lipinski definition) is 2. The number of halogens is 4. The maximum absolute atomic E-state index is 14.1. The van der Waals surface area contributed by atoms with Crippen molar-refractivity contribution in [3.63, 3.8) is 0 Å². The molecule has 0 amide bonds. The summed E-state index contributed by atoms with van der Waals surface area (Å²) in [5.74, 6) is 3.85. The highest BCUT2D eigenvalue weighted by molar-refractivity contribution is 6.35. The minimum absolute atomic E-state index is 0.0107. The summed E-state index contributed by atoms with van der Waals surface area (Å²) in [5.41, 5.74) is 8.53. The standard InChI is InChI=1S/C14H12Cl2F2N4/c15-9-4-10(13(16)12(18)5-9)7-1-2-8(11(17)3-7)6-21-14(19)22-20/h1-5H,6,20H2,(H3,19,21,22). The van der Waals surface area contributed by atoms with E-state index in [4.69, 9.17) is 34.8 Å². The first kappa shape index (κ1) is 16.5. The molecule has 0 fully saturated rings. The highest BCUT2D eigenvalue weighted by atomic mass is 35.5. The fourth-order valence-electron chi connectivity index (χ4n) is 1.83. The van der Waals surface area contributed by atoms with Gasteiger partial charge >= 0.3 is 0 Å². The van der Waals surface area contributed by atoms with Gasteiger partial charge in [0.15, 0.2) is 0 Å². The highest BCUT2D eigenvalue weighted by Gasteiger charge is 2.12. The Labute approximate surface area is 135 Å². The molecule has 0 saturated heterocycles. The molecule has 0 aliphatic heterocycles. The van der Waals surface area contributed by atoms with Crippen molar-refractivity contribution < 1.29 is 8.78 Å². The van der Waals surface area contributed by atoms with Crippen LogP contribution in [-0.2, 0) is 6.54 Å². The van der Waals surface area contributed by atoms with Crippen LogP contribution in [0.1, 0.15) is 5.56 Å². The first-order valence-electron chi connectivity index (χ1n) is 6.12. The van der Waals surface area contributed by atoms with Gasteiger partial charge in [-0.2, -0.15) is 0 Å². The normalized spacial score (nSPS) is 11.6. The quantitative estimate of drug-likeness (QED) is 0.263. The summed E-state index contributed by atoms with van der Waals surface area (Å²) in [6.07, 6.45) is 0. The Bertz CT molecular complexity index is 735. The fraction of sp³-hybridized carbons (Fsp3) is 0.0714. The Kier molecular flexibility index (Phi) is 5.18. The number of hydrazine groups is 1. The van der Waals surface area contributed by atoms with Crippen LogP contribution in [0.15, 0.2) is 35.3 Å². The Morgan fingerprint density at radius 2 is 1.86 bits per heavy atom. The van der Waals surface area contributed by atoms with Crippen molar-refractivity contribution >= 4 is 29.2 Å². The molecule has 116 valence electrons. The van der Waals surface area contributed by atoms with E-state index in [1.807, 2.05) is 0 Å². The van der Waals surface area contributed by atoms with Gasteiger partial charge < -0.3 is 5.73 Å².